The number of carbonyl (C=O) groups excluding carboxylic acids is 1. The van der Waals surface area contributed by atoms with Crippen molar-refractivity contribution in [1.29, 1.82) is 0 Å². The molecule has 3 aliphatic rings. The summed E-state index contributed by atoms with van der Waals surface area (Å²) < 4.78 is 0. The number of benzene rings is 1. The van der Waals surface area contributed by atoms with E-state index < -0.39 is 11.4 Å². The summed E-state index contributed by atoms with van der Waals surface area (Å²) in [5.74, 6) is 0.0994. The number of carbonyl (C=O) groups is 2. The van der Waals surface area contributed by atoms with Gasteiger partial charge in [-0.3, -0.25) is 9.69 Å². The van der Waals surface area contributed by atoms with Gasteiger partial charge in [0.15, 0.2) is 0 Å². The monoisotopic (exact) mass is 399 g/mol. The van der Waals surface area contributed by atoms with Gasteiger partial charge in [0.1, 0.15) is 0 Å². The predicted octanol–water partition coefficient (Wildman–Crippen LogP) is 3.31. The second-order valence-electron chi connectivity index (χ2n) is 9.34. The summed E-state index contributed by atoms with van der Waals surface area (Å²) in [5, 5.41) is 12.8. The fraction of sp³-hybridized carbons (Fsp3) is 0.652. The van der Waals surface area contributed by atoms with Crippen LogP contribution < -0.4 is 5.32 Å². The molecule has 2 heterocycles. The first-order valence-corrected chi connectivity index (χ1v) is 11.0. The normalized spacial score (nSPS) is 29.6. The number of carboxylic acids is 1. The molecule has 0 radical (unpaired) electrons. The zero-order valence-electron chi connectivity index (χ0n) is 17.4. The van der Waals surface area contributed by atoms with Crippen molar-refractivity contribution in [3.63, 3.8) is 0 Å². The Labute approximate surface area is 173 Å². The molecule has 2 saturated heterocycles. The van der Waals surface area contributed by atoms with Crippen LogP contribution in [0.3, 0.4) is 0 Å². The van der Waals surface area contributed by atoms with Gasteiger partial charge in [-0.15, -0.1) is 0 Å². The van der Waals surface area contributed by atoms with E-state index in [0.29, 0.717) is 26.1 Å². The minimum absolute atomic E-state index is 0.0964. The van der Waals surface area contributed by atoms with Crippen molar-refractivity contribution in [2.75, 3.05) is 26.2 Å². The van der Waals surface area contributed by atoms with E-state index in [9.17, 15) is 14.7 Å². The van der Waals surface area contributed by atoms with Gasteiger partial charge in [0.2, 0.25) is 0 Å². The van der Waals surface area contributed by atoms with Gasteiger partial charge in [0.05, 0.1) is 5.41 Å². The molecule has 1 unspecified atom stereocenters. The number of rotatable bonds is 5. The van der Waals surface area contributed by atoms with Gasteiger partial charge in [-0.2, -0.15) is 0 Å². The number of carboxylic acid groups (broad SMARTS) is 1. The molecule has 2 amide bonds. The van der Waals surface area contributed by atoms with Crippen LogP contribution in [0.15, 0.2) is 24.3 Å². The van der Waals surface area contributed by atoms with Gasteiger partial charge in [-0.25, -0.2) is 4.79 Å². The first kappa shape index (κ1) is 20.2. The molecule has 158 valence electrons. The number of aliphatic carboxylic acids is 1. The van der Waals surface area contributed by atoms with Crippen LogP contribution in [0.25, 0.3) is 0 Å². The molecule has 0 aromatic heterocycles. The van der Waals surface area contributed by atoms with Crippen LogP contribution in [0, 0.1) is 17.3 Å². The lowest BCUT2D eigenvalue weighted by Gasteiger charge is -2.31. The highest BCUT2D eigenvalue weighted by atomic mass is 16.4. The molecule has 1 saturated carbocycles. The van der Waals surface area contributed by atoms with E-state index in [1.807, 2.05) is 6.07 Å². The number of piperidine rings is 1. The van der Waals surface area contributed by atoms with Gasteiger partial charge in [-0.1, -0.05) is 37.6 Å². The van der Waals surface area contributed by atoms with E-state index in [1.165, 1.54) is 18.4 Å². The molecule has 29 heavy (non-hydrogen) atoms. The number of hydrogen-bond acceptors (Lipinski definition) is 3. The third-order valence-corrected chi connectivity index (χ3v) is 7.27. The molecule has 3 atom stereocenters. The maximum atomic E-state index is 12.8. The molecule has 1 aromatic carbocycles. The summed E-state index contributed by atoms with van der Waals surface area (Å²) >= 11 is 0. The Balaban J connectivity index is 1.36. The molecule has 4 rings (SSSR count). The Hall–Kier alpha value is -2.08. The molecule has 1 aromatic rings. The number of urea groups is 1. The van der Waals surface area contributed by atoms with Crippen LogP contribution in [0.5, 0.6) is 0 Å². The standard InChI is InChI=1S/C23H33N3O3/c1-17-6-5-11-25(13-17)14-19-8-3-2-7-18(19)12-24-22(29)26-15-20-9-4-10-23(20,16-26)21(27)28/h2-3,7-8,17,20H,4-6,9-16H2,1H3,(H,24,29)(H,27,28)/t17?,20-,23+/m0/s1. The molecule has 6 heteroatoms. The number of nitrogens with one attached hydrogen (secondary N) is 1. The maximum Gasteiger partial charge on any atom is 0.317 e. The highest BCUT2D eigenvalue weighted by molar-refractivity contribution is 5.80. The number of nitrogens with zero attached hydrogens (tertiary/aromatic N) is 2. The van der Waals surface area contributed by atoms with Gasteiger partial charge in [0, 0.05) is 32.7 Å². The van der Waals surface area contributed by atoms with E-state index in [0.717, 1.165) is 44.0 Å². The number of likely N-dealkylation sites (tertiary alicyclic amines) is 2. The molecule has 0 bridgehead atoms. The molecule has 2 aliphatic heterocycles. The lowest BCUT2D eigenvalue weighted by molar-refractivity contribution is -0.149. The second-order valence-corrected chi connectivity index (χ2v) is 9.34. The van der Waals surface area contributed by atoms with Crippen molar-refractivity contribution < 1.29 is 14.7 Å². The molecule has 1 aliphatic carbocycles. The fourth-order valence-electron chi connectivity index (χ4n) is 5.63. The van der Waals surface area contributed by atoms with Gasteiger partial charge in [-0.05, 0) is 55.2 Å². The maximum absolute atomic E-state index is 12.8. The van der Waals surface area contributed by atoms with Crippen LogP contribution in [0.1, 0.15) is 50.2 Å². The van der Waals surface area contributed by atoms with Crippen molar-refractivity contribution in [3.05, 3.63) is 35.4 Å². The summed E-state index contributed by atoms with van der Waals surface area (Å²) in [5.41, 5.74) is 1.69. The average Bonchev–Trinajstić information content (AvgIpc) is 3.26. The summed E-state index contributed by atoms with van der Waals surface area (Å²) in [6.45, 7) is 6.89. The SMILES string of the molecule is CC1CCCN(Cc2ccccc2CNC(=O)N2C[C@@H]3CCC[C@@]3(C(=O)O)C2)C1. The van der Waals surface area contributed by atoms with E-state index in [1.54, 1.807) is 4.90 Å². The summed E-state index contributed by atoms with van der Waals surface area (Å²) in [6, 6.07) is 8.18. The summed E-state index contributed by atoms with van der Waals surface area (Å²) in [4.78, 5) is 28.8. The smallest absolute Gasteiger partial charge is 0.317 e. The lowest BCUT2D eigenvalue weighted by Crippen LogP contribution is -2.41. The lowest BCUT2D eigenvalue weighted by atomic mass is 9.81. The first-order chi connectivity index (χ1) is 14.0. The Morgan fingerprint density at radius 2 is 1.97 bits per heavy atom. The molecule has 3 fully saturated rings. The molecule has 0 spiro atoms. The third-order valence-electron chi connectivity index (χ3n) is 7.27. The minimum atomic E-state index is -0.739. The van der Waals surface area contributed by atoms with Gasteiger partial charge in [0.25, 0.3) is 0 Å². The zero-order chi connectivity index (χ0) is 20.4. The van der Waals surface area contributed by atoms with Crippen molar-refractivity contribution in [1.82, 2.24) is 15.1 Å². The number of fused-ring (bicyclic) bond motifs is 1. The third kappa shape index (κ3) is 4.13. The summed E-state index contributed by atoms with van der Waals surface area (Å²) in [6.07, 6.45) is 5.11. The van der Waals surface area contributed by atoms with Crippen molar-refractivity contribution >= 4 is 12.0 Å². The van der Waals surface area contributed by atoms with Crippen LogP contribution in [0.4, 0.5) is 4.79 Å². The van der Waals surface area contributed by atoms with E-state index in [2.05, 4.69) is 35.3 Å². The molecular formula is C23H33N3O3. The van der Waals surface area contributed by atoms with Crippen molar-refractivity contribution in [2.24, 2.45) is 17.3 Å². The molecular weight excluding hydrogens is 366 g/mol. The Bertz CT molecular complexity index is 767. The highest BCUT2D eigenvalue weighted by Gasteiger charge is 2.55. The second kappa shape index (κ2) is 8.34. The molecule has 6 nitrogen and oxygen atoms in total. The Kier molecular flexibility index (Phi) is 5.81. The fourth-order valence-corrected chi connectivity index (χ4v) is 5.63. The van der Waals surface area contributed by atoms with Crippen molar-refractivity contribution in [3.8, 4) is 0 Å². The predicted molar refractivity (Wildman–Crippen MR) is 111 cm³/mol. The van der Waals surface area contributed by atoms with Crippen molar-refractivity contribution in [2.45, 2.75) is 52.1 Å². The van der Waals surface area contributed by atoms with E-state index in [-0.39, 0.29) is 11.9 Å². The van der Waals surface area contributed by atoms with Crippen LogP contribution in [-0.2, 0) is 17.9 Å². The van der Waals surface area contributed by atoms with E-state index >= 15 is 0 Å². The minimum Gasteiger partial charge on any atom is -0.481 e. The Morgan fingerprint density at radius 1 is 1.17 bits per heavy atom. The quantitative estimate of drug-likeness (QED) is 0.797. The van der Waals surface area contributed by atoms with Crippen LogP contribution in [0.2, 0.25) is 0 Å². The largest absolute Gasteiger partial charge is 0.481 e. The van der Waals surface area contributed by atoms with E-state index in [4.69, 9.17) is 0 Å². The van der Waals surface area contributed by atoms with Crippen LogP contribution in [-0.4, -0.2) is 53.1 Å². The number of amides is 2. The van der Waals surface area contributed by atoms with Gasteiger partial charge < -0.3 is 15.3 Å². The average molecular weight is 400 g/mol. The summed E-state index contributed by atoms with van der Waals surface area (Å²) in [7, 11) is 0. The topological polar surface area (TPSA) is 72.9 Å². The Morgan fingerprint density at radius 3 is 2.69 bits per heavy atom. The number of hydrogen-bond donors (Lipinski definition) is 2. The van der Waals surface area contributed by atoms with Crippen LogP contribution >= 0.6 is 0 Å². The zero-order valence-corrected chi connectivity index (χ0v) is 17.4. The van der Waals surface area contributed by atoms with Gasteiger partial charge >= 0.3 is 12.0 Å². The first-order valence-electron chi connectivity index (χ1n) is 11.0. The molecule has 2 N–H and O–H groups in total. The highest BCUT2D eigenvalue weighted by Crippen LogP contribution is 2.48.